The minimum absolute atomic E-state index is 0.610. The number of rotatable bonds is 7. The van der Waals surface area contributed by atoms with E-state index in [9.17, 15) is 0 Å². The highest BCUT2D eigenvalue weighted by atomic mass is 32.2. The molecule has 1 N–H and O–H groups in total. The number of nitrogens with one attached hydrogen (secondary N) is 1. The van der Waals surface area contributed by atoms with Gasteiger partial charge in [0.1, 0.15) is 0 Å². The molecule has 0 amide bonds. The molecule has 1 aromatic heterocycles. The second-order valence-electron chi connectivity index (χ2n) is 5.30. The molecule has 1 heterocycles. The maximum atomic E-state index is 5.39. The highest BCUT2D eigenvalue weighted by molar-refractivity contribution is 7.98. The van der Waals surface area contributed by atoms with Crippen molar-refractivity contribution < 1.29 is 4.52 Å². The van der Waals surface area contributed by atoms with Crippen molar-refractivity contribution in [2.24, 2.45) is 5.92 Å². The molecule has 0 saturated heterocycles. The predicted molar refractivity (Wildman–Crippen MR) is 79.3 cm³/mol. The van der Waals surface area contributed by atoms with Gasteiger partial charge in [-0.05, 0) is 38.0 Å². The standard InChI is InChI=1S/C14H25N3OS/c1-3-8-19-10-13-16-14(18-17-13)9-11-6-4-5-7-12(11)15-2/h11-12,15H,3-10H2,1-2H3. The Morgan fingerprint density at radius 1 is 1.37 bits per heavy atom. The molecular formula is C14H25N3OS. The van der Waals surface area contributed by atoms with E-state index in [0.717, 1.165) is 29.6 Å². The van der Waals surface area contributed by atoms with Gasteiger partial charge in [0.25, 0.3) is 0 Å². The van der Waals surface area contributed by atoms with Gasteiger partial charge in [-0.1, -0.05) is 24.9 Å². The van der Waals surface area contributed by atoms with Gasteiger partial charge in [0.05, 0.1) is 5.75 Å². The van der Waals surface area contributed by atoms with Crippen molar-refractivity contribution in [2.45, 2.75) is 57.2 Å². The van der Waals surface area contributed by atoms with Gasteiger partial charge in [0.15, 0.2) is 5.82 Å². The summed E-state index contributed by atoms with van der Waals surface area (Å²) in [6, 6.07) is 0.610. The lowest BCUT2D eigenvalue weighted by molar-refractivity contribution is 0.248. The Balaban J connectivity index is 1.84. The van der Waals surface area contributed by atoms with Crippen LogP contribution in [0.25, 0.3) is 0 Å². The number of hydrogen-bond acceptors (Lipinski definition) is 5. The minimum atomic E-state index is 0.610. The van der Waals surface area contributed by atoms with Crippen LogP contribution in [0.15, 0.2) is 4.52 Å². The SMILES string of the molecule is CCCSCc1noc(CC2CCCCC2NC)n1. The van der Waals surface area contributed by atoms with Gasteiger partial charge < -0.3 is 9.84 Å². The van der Waals surface area contributed by atoms with Crippen LogP contribution in [0.1, 0.15) is 50.7 Å². The molecule has 0 radical (unpaired) electrons. The largest absolute Gasteiger partial charge is 0.339 e. The molecule has 0 bridgehead atoms. The third-order valence-corrected chi connectivity index (χ3v) is 4.97. The first-order valence-electron chi connectivity index (χ1n) is 7.40. The fourth-order valence-corrected chi connectivity index (χ4v) is 3.53. The molecule has 0 aliphatic heterocycles. The maximum absolute atomic E-state index is 5.39. The van der Waals surface area contributed by atoms with Crippen LogP contribution in [-0.2, 0) is 12.2 Å². The van der Waals surface area contributed by atoms with Crippen LogP contribution in [0.5, 0.6) is 0 Å². The molecule has 1 aliphatic rings. The van der Waals surface area contributed by atoms with Crippen molar-refractivity contribution in [3.63, 3.8) is 0 Å². The summed E-state index contributed by atoms with van der Waals surface area (Å²) in [6.45, 7) is 2.19. The number of thioether (sulfide) groups is 1. The van der Waals surface area contributed by atoms with Crippen molar-refractivity contribution in [3.8, 4) is 0 Å². The quantitative estimate of drug-likeness (QED) is 0.780. The van der Waals surface area contributed by atoms with E-state index < -0.39 is 0 Å². The summed E-state index contributed by atoms with van der Waals surface area (Å²) in [7, 11) is 2.06. The van der Waals surface area contributed by atoms with E-state index in [2.05, 4.69) is 29.4 Å². The molecule has 108 valence electrons. The topological polar surface area (TPSA) is 51.0 Å². The fourth-order valence-electron chi connectivity index (χ4n) is 2.80. The second kappa shape index (κ2) is 7.90. The number of nitrogens with zero attached hydrogens (tertiary/aromatic N) is 2. The Hall–Kier alpha value is -0.550. The molecular weight excluding hydrogens is 258 g/mol. The first-order chi connectivity index (χ1) is 9.33. The summed E-state index contributed by atoms with van der Waals surface area (Å²) in [5.41, 5.74) is 0. The van der Waals surface area contributed by atoms with Crippen molar-refractivity contribution in [1.29, 1.82) is 0 Å². The zero-order chi connectivity index (χ0) is 13.5. The zero-order valence-corrected chi connectivity index (χ0v) is 12.8. The molecule has 1 aromatic rings. The minimum Gasteiger partial charge on any atom is -0.339 e. The average molecular weight is 283 g/mol. The van der Waals surface area contributed by atoms with Gasteiger partial charge in [-0.25, -0.2) is 0 Å². The Labute approximate surface area is 120 Å². The monoisotopic (exact) mass is 283 g/mol. The van der Waals surface area contributed by atoms with E-state index in [1.807, 2.05) is 11.8 Å². The number of aromatic nitrogens is 2. The Kier molecular flexibility index (Phi) is 6.17. The molecule has 1 saturated carbocycles. The lowest BCUT2D eigenvalue weighted by Crippen LogP contribution is -2.37. The van der Waals surface area contributed by atoms with Gasteiger partial charge in [-0.15, -0.1) is 0 Å². The molecule has 1 fully saturated rings. The van der Waals surface area contributed by atoms with Gasteiger partial charge in [-0.2, -0.15) is 16.7 Å². The normalized spacial score (nSPS) is 23.7. The Bertz CT molecular complexity index is 369. The Morgan fingerprint density at radius 3 is 3.00 bits per heavy atom. The smallest absolute Gasteiger partial charge is 0.227 e. The maximum Gasteiger partial charge on any atom is 0.227 e. The van der Waals surface area contributed by atoms with Crippen molar-refractivity contribution in [1.82, 2.24) is 15.5 Å². The molecule has 0 aromatic carbocycles. The number of hydrogen-bond donors (Lipinski definition) is 1. The molecule has 2 unspecified atom stereocenters. The zero-order valence-electron chi connectivity index (χ0n) is 12.0. The van der Waals surface area contributed by atoms with Crippen LogP contribution in [0, 0.1) is 5.92 Å². The highest BCUT2D eigenvalue weighted by Gasteiger charge is 2.25. The van der Waals surface area contributed by atoms with E-state index in [1.165, 1.54) is 32.1 Å². The van der Waals surface area contributed by atoms with Crippen LogP contribution < -0.4 is 5.32 Å². The molecule has 0 spiro atoms. The molecule has 2 atom stereocenters. The third kappa shape index (κ3) is 4.49. The molecule has 1 aliphatic carbocycles. The van der Waals surface area contributed by atoms with E-state index >= 15 is 0 Å². The van der Waals surface area contributed by atoms with Crippen molar-refractivity contribution >= 4 is 11.8 Å². The summed E-state index contributed by atoms with van der Waals surface area (Å²) in [6.07, 6.45) is 7.33. The summed E-state index contributed by atoms with van der Waals surface area (Å²) < 4.78 is 5.39. The molecule has 2 rings (SSSR count). The first kappa shape index (κ1) is 14.9. The van der Waals surface area contributed by atoms with Gasteiger partial charge in [-0.3, -0.25) is 0 Å². The molecule has 5 heteroatoms. The second-order valence-corrected chi connectivity index (χ2v) is 6.41. The van der Waals surface area contributed by atoms with E-state index in [0.29, 0.717) is 12.0 Å². The summed E-state index contributed by atoms with van der Waals surface area (Å²) >= 11 is 1.87. The van der Waals surface area contributed by atoms with Gasteiger partial charge >= 0.3 is 0 Å². The van der Waals surface area contributed by atoms with Crippen molar-refractivity contribution in [2.75, 3.05) is 12.8 Å². The average Bonchev–Trinajstić information content (AvgIpc) is 2.87. The van der Waals surface area contributed by atoms with E-state index in [1.54, 1.807) is 0 Å². The molecule has 4 nitrogen and oxygen atoms in total. The summed E-state index contributed by atoms with van der Waals surface area (Å²) in [4.78, 5) is 4.52. The summed E-state index contributed by atoms with van der Waals surface area (Å²) in [5, 5.41) is 7.51. The lowest BCUT2D eigenvalue weighted by atomic mass is 9.82. The third-order valence-electron chi connectivity index (χ3n) is 3.81. The van der Waals surface area contributed by atoms with Crippen molar-refractivity contribution in [3.05, 3.63) is 11.7 Å². The predicted octanol–water partition coefficient (Wildman–Crippen LogP) is 3.03. The van der Waals surface area contributed by atoms with Gasteiger partial charge in [0.2, 0.25) is 5.89 Å². The van der Waals surface area contributed by atoms with Crippen LogP contribution in [-0.4, -0.2) is 29.0 Å². The van der Waals surface area contributed by atoms with E-state index in [-0.39, 0.29) is 0 Å². The highest BCUT2D eigenvalue weighted by Crippen LogP contribution is 2.27. The Morgan fingerprint density at radius 2 is 2.21 bits per heavy atom. The van der Waals surface area contributed by atoms with Crippen LogP contribution in [0.2, 0.25) is 0 Å². The summed E-state index contributed by atoms with van der Waals surface area (Å²) in [5.74, 6) is 4.35. The van der Waals surface area contributed by atoms with Crippen LogP contribution in [0.3, 0.4) is 0 Å². The van der Waals surface area contributed by atoms with Gasteiger partial charge in [0, 0.05) is 12.5 Å². The van der Waals surface area contributed by atoms with E-state index in [4.69, 9.17) is 4.52 Å². The van der Waals surface area contributed by atoms with Crippen LogP contribution >= 0.6 is 11.8 Å². The lowest BCUT2D eigenvalue weighted by Gasteiger charge is -2.30. The van der Waals surface area contributed by atoms with Crippen LogP contribution in [0.4, 0.5) is 0 Å². The fraction of sp³-hybridized carbons (Fsp3) is 0.857. The molecule has 19 heavy (non-hydrogen) atoms. The first-order valence-corrected chi connectivity index (χ1v) is 8.55.